The van der Waals surface area contributed by atoms with Gasteiger partial charge in [0, 0.05) is 55.4 Å². The van der Waals surface area contributed by atoms with E-state index in [2.05, 4.69) is 27.1 Å². The number of pyridine rings is 2. The zero-order valence-corrected chi connectivity index (χ0v) is 18.8. The third kappa shape index (κ3) is 5.64. The predicted octanol–water partition coefficient (Wildman–Crippen LogP) is 2.68. The zero-order chi connectivity index (χ0) is 23.8. The summed E-state index contributed by atoms with van der Waals surface area (Å²) >= 11 is 0. The van der Waals surface area contributed by atoms with E-state index in [-0.39, 0.29) is 43.0 Å². The highest BCUT2D eigenvalue weighted by Crippen LogP contribution is 2.32. The van der Waals surface area contributed by atoms with Crippen LogP contribution >= 0.6 is 0 Å². The number of nitrogens with two attached hydrogens (primary N) is 1. The first-order valence-corrected chi connectivity index (χ1v) is 12.0. The van der Waals surface area contributed by atoms with E-state index in [4.69, 9.17) is 5.14 Å². The molecule has 1 saturated carbocycles. The third-order valence-electron chi connectivity index (χ3n) is 5.50. The van der Waals surface area contributed by atoms with E-state index in [1.54, 1.807) is 17.9 Å². The first-order chi connectivity index (χ1) is 15.5. The number of rotatable bonds is 4. The van der Waals surface area contributed by atoms with Crippen LogP contribution < -0.4 is 15.4 Å². The Kier molecular flexibility index (Phi) is 6.07. The van der Waals surface area contributed by atoms with Gasteiger partial charge in [-0.3, -0.25) is 4.79 Å². The molecule has 1 aliphatic carbocycles. The lowest BCUT2D eigenvalue weighted by atomic mass is 10.0. The fourth-order valence-electron chi connectivity index (χ4n) is 3.42. The van der Waals surface area contributed by atoms with Crippen molar-refractivity contribution >= 4 is 27.4 Å². The summed E-state index contributed by atoms with van der Waals surface area (Å²) in [5, 5.41) is 7.35. The molecule has 3 N–H and O–H groups in total. The molecule has 0 spiro atoms. The summed E-state index contributed by atoms with van der Waals surface area (Å²) in [6.45, 7) is 1.87. The van der Waals surface area contributed by atoms with Gasteiger partial charge in [0.15, 0.2) is 5.03 Å². The highest BCUT2D eigenvalue weighted by molar-refractivity contribution is 7.89. The van der Waals surface area contributed by atoms with Gasteiger partial charge < -0.3 is 10.2 Å². The Morgan fingerprint density at radius 3 is 2.61 bits per heavy atom. The Morgan fingerprint density at radius 1 is 1.27 bits per heavy atom. The predicted molar refractivity (Wildman–Crippen MR) is 119 cm³/mol. The molecule has 1 aliphatic heterocycles. The molecule has 174 valence electrons. The number of amides is 1. The SMILES string of the molecule is Cc1nc(N2CCC(F)(F)CC2)c(C(=O)Nc2ccnc(S(N)(=O)=O)c2)cc1C#CC1CC1. The number of nitrogens with zero attached hydrogens (tertiary/aromatic N) is 3. The van der Waals surface area contributed by atoms with Gasteiger partial charge in [-0.25, -0.2) is 32.3 Å². The average molecular weight is 476 g/mol. The van der Waals surface area contributed by atoms with E-state index < -0.39 is 26.9 Å². The molecule has 1 saturated heterocycles. The molecule has 2 aromatic heterocycles. The monoisotopic (exact) mass is 475 g/mol. The Labute approximate surface area is 190 Å². The molecule has 33 heavy (non-hydrogen) atoms. The number of primary sulfonamides is 1. The van der Waals surface area contributed by atoms with E-state index >= 15 is 0 Å². The largest absolute Gasteiger partial charge is 0.355 e. The van der Waals surface area contributed by atoms with Crippen LogP contribution in [0.1, 0.15) is 47.3 Å². The first-order valence-electron chi connectivity index (χ1n) is 10.5. The van der Waals surface area contributed by atoms with Crippen molar-refractivity contribution < 1.29 is 22.0 Å². The van der Waals surface area contributed by atoms with E-state index in [0.717, 1.165) is 18.9 Å². The summed E-state index contributed by atoms with van der Waals surface area (Å²) in [4.78, 5) is 23.1. The third-order valence-corrected chi connectivity index (χ3v) is 6.31. The minimum atomic E-state index is -4.06. The van der Waals surface area contributed by atoms with Gasteiger partial charge in [-0.05, 0) is 31.9 Å². The quantitative estimate of drug-likeness (QED) is 0.657. The highest BCUT2D eigenvalue weighted by Gasteiger charge is 2.35. The Bertz CT molecular complexity index is 1260. The van der Waals surface area contributed by atoms with Gasteiger partial charge >= 0.3 is 0 Å². The average Bonchev–Trinajstić information content (AvgIpc) is 3.57. The lowest BCUT2D eigenvalue weighted by Crippen LogP contribution is -2.40. The number of carbonyl (C=O) groups is 1. The second-order valence-electron chi connectivity index (χ2n) is 8.26. The molecule has 11 heteroatoms. The molecule has 2 aromatic rings. The zero-order valence-electron chi connectivity index (χ0n) is 17.9. The molecule has 3 heterocycles. The van der Waals surface area contributed by atoms with E-state index in [9.17, 15) is 22.0 Å². The lowest BCUT2D eigenvalue weighted by Gasteiger charge is -2.33. The van der Waals surface area contributed by atoms with Gasteiger partial charge in [0.1, 0.15) is 5.82 Å². The van der Waals surface area contributed by atoms with Crippen LogP contribution in [0.5, 0.6) is 0 Å². The standard InChI is InChI=1S/C22H23F2N5O3S/c1-14-16(5-4-15-2-3-15)12-18(20(27-14)29-10-7-22(23,24)8-11-29)21(30)28-17-6-9-26-19(13-17)33(25,31)32/h6,9,12-13,15H,2-3,7-8,10-11H2,1H3,(H2,25,31,32)(H,26,28,30). The smallest absolute Gasteiger partial charge is 0.259 e. The number of alkyl halides is 2. The number of piperidine rings is 1. The minimum Gasteiger partial charge on any atom is -0.355 e. The molecule has 8 nitrogen and oxygen atoms in total. The number of nitrogens with one attached hydrogen (secondary N) is 1. The van der Waals surface area contributed by atoms with Crippen LogP contribution in [0.3, 0.4) is 0 Å². The van der Waals surface area contributed by atoms with Crippen LogP contribution in [-0.2, 0) is 10.0 Å². The van der Waals surface area contributed by atoms with Gasteiger partial charge in [-0.1, -0.05) is 11.8 Å². The van der Waals surface area contributed by atoms with Crippen LogP contribution in [0, 0.1) is 24.7 Å². The number of carbonyl (C=O) groups excluding carboxylic acids is 1. The van der Waals surface area contributed by atoms with Gasteiger partial charge in [0.25, 0.3) is 21.9 Å². The molecule has 2 aliphatic rings. The molecule has 2 fully saturated rings. The van der Waals surface area contributed by atoms with Crippen molar-refractivity contribution in [3.05, 3.63) is 41.2 Å². The molecule has 4 rings (SSSR count). The second-order valence-corrected chi connectivity index (χ2v) is 9.77. The van der Waals surface area contributed by atoms with Gasteiger partial charge in [-0.15, -0.1) is 0 Å². The Morgan fingerprint density at radius 2 is 1.97 bits per heavy atom. The van der Waals surface area contributed by atoms with Crippen LogP contribution in [0.25, 0.3) is 0 Å². The first kappa shape index (κ1) is 23.1. The van der Waals surface area contributed by atoms with Crippen molar-refractivity contribution in [1.82, 2.24) is 9.97 Å². The van der Waals surface area contributed by atoms with Crippen molar-refractivity contribution in [2.75, 3.05) is 23.3 Å². The minimum absolute atomic E-state index is 0.0532. The van der Waals surface area contributed by atoms with Crippen LogP contribution in [0.15, 0.2) is 29.4 Å². The molecule has 0 atom stereocenters. The van der Waals surface area contributed by atoms with Gasteiger partial charge in [0.2, 0.25) is 0 Å². The molecular weight excluding hydrogens is 452 g/mol. The van der Waals surface area contributed by atoms with Crippen LogP contribution in [-0.4, -0.2) is 43.3 Å². The fraction of sp³-hybridized carbons (Fsp3) is 0.409. The maximum Gasteiger partial charge on any atom is 0.259 e. The highest BCUT2D eigenvalue weighted by atomic mass is 32.2. The Balaban J connectivity index is 1.69. The van der Waals surface area contributed by atoms with Crippen molar-refractivity contribution in [1.29, 1.82) is 0 Å². The summed E-state index contributed by atoms with van der Waals surface area (Å²) in [5.41, 5.74) is 1.52. The number of hydrogen-bond donors (Lipinski definition) is 2. The molecule has 0 bridgehead atoms. The summed E-state index contributed by atoms with van der Waals surface area (Å²) < 4.78 is 50.5. The summed E-state index contributed by atoms with van der Waals surface area (Å²) in [6.07, 6.45) is 2.63. The van der Waals surface area contributed by atoms with Crippen LogP contribution in [0.2, 0.25) is 0 Å². The van der Waals surface area contributed by atoms with E-state index in [1.165, 1.54) is 12.3 Å². The van der Waals surface area contributed by atoms with Gasteiger partial charge in [0.05, 0.1) is 11.3 Å². The molecule has 0 aromatic carbocycles. The van der Waals surface area contributed by atoms with E-state index in [0.29, 0.717) is 17.2 Å². The van der Waals surface area contributed by atoms with Crippen LogP contribution in [0.4, 0.5) is 20.3 Å². The summed E-state index contributed by atoms with van der Waals surface area (Å²) in [5.74, 6) is 3.53. The number of halogens is 2. The van der Waals surface area contributed by atoms with Gasteiger partial charge in [-0.2, -0.15) is 0 Å². The summed E-state index contributed by atoms with van der Waals surface area (Å²) in [6, 6.07) is 4.17. The van der Waals surface area contributed by atoms with E-state index in [1.807, 2.05) is 0 Å². The molecule has 0 radical (unpaired) electrons. The topological polar surface area (TPSA) is 118 Å². The second kappa shape index (κ2) is 8.68. The number of hydrogen-bond acceptors (Lipinski definition) is 6. The maximum atomic E-state index is 13.7. The number of aryl methyl sites for hydroxylation is 1. The van der Waals surface area contributed by atoms with Crippen molar-refractivity contribution in [2.45, 2.75) is 43.6 Å². The van der Waals surface area contributed by atoms with Crippen molar-refractivity contribution in [2.24, 2.45) is 11.1 Å². The molecular formula is C22H23F2N5O3S. The van der Waals surface area contributed by atoms with Crippen molar-refractivity contribution in [3.63, 3.8) is 0 Å². The maximum absolute atomic E-state index is 13.7. The lowest BCUT2D eigenvalue weighted by molar-refractivity contribution is -0.0221. The molecule has 1 amide bonds. The fourth-order valence-corrected chi connectivity index (χ4v) is 3.92. The number of aromatic nitrogens is 2. The molecule has 0 unspecified atom stereocenters. The number of anilines is 2. The Hall–Kier alpha value is -3.10. The summed E-state index contributed by atoms with van der Waals surface area (Å²) in [7, 11) is -4.06. The number of sulfonamides is 1. The normalized spacial score (nSPS) is 17.8. The van der Waals surface area contributed by atoms with Crippen molar-refractivity contribution in [3.8, 4) is 11.8 Å².